The summed E-state index contributed by atoms with van der Waals surface area (Å²) in [4.78, 5) is 31.1. The van der Waals surface area contributed by atoms with E-state index in [4.69, 9.17) is 10.2 Å². The van der Waals surface area contributed by atoms with Crippen molar-refractivity contribution in [1.82, 2.24) is 15.0 Å². The van der Waals surface area contributed by atoms with Crippen LogP contribution in [0.1, 0.15) is 10.6 Å². The third kappa shape index (κ3) is 1.58. The Kier molecular flexibility index (Phi) is 2.06. The van der Waals surface area contributed by atoms with Crippen molar-refractivity contribution in [1.29, 1.82) is 0 Å². The van der Waals surface area contributed by atoms with Gasteiger partial charge in [-0.1, -0.05) is 6.07 Å². The SMILES string of the molecule is NC(=O)c1ncc(-c2ccc3[nH]c(=O)oc3c2)[nH]1. The molecule has 90 valence electrons. The number of nitrogens with two attached hydrogens (primary N) is 1. The van der Waals surface area contributed by atoms with Gasteiger partial charge in [-0.05, 0) is 12.1 Å². The lowest BCUT2D eigenvalue weighted by Gasteiger charge is -1.96. The number of amides is 1. The first-order chi connectivity index (χ1) is 8.63. The van der Waals surface area contributed by atoms with Crippen LogP contribution in [0.3, 0.4) is 0 Å². The molecule has 1 aromatic carbocycles. The maximum Gasteiger partial charge on any atom is 0.417 e. The first kappa shape index (κ1) is 10.3. The van der Waals surface area contributed by atoms with Gasteiger partial charge in [-0.25, -0.2) is 9.78 Å². The molecule has 4 N–H and O–H groups in total. The van der Waals surface area contributed by atoms with E-state index in [-0.39, 0.29) is 5.82 Å². The second-order valence-electron chi connectivity index (χ2n) is 3.74. The number of carbonyl (C=O) groups is 1. The van der Waals surface area contributed by atoms with E-state index in [2.05, 4.69) is 15.0 Å². The summed E-state index contributed by atoms with van der Waals surface area (Å²) in [6.07, 6.45) is 1.49. The Balaban J connectivity index is 2.12. The van der Waals surface area contributed by atoms with Gasteiger partial charge in [0.15, 0.2) is 11.4 Å². The van der Waals surface area contributed by atoms with E-state index < -0.39 is 11.7 Å². The van der Waals surface area contributed by atoms with Crippen LogP contribution in [0.2, 0.25) is 0 Å². The second-order valence-corrected chi connectivity index (χ2v) is 3.74. The molecule has 0 fully saturated rings. The second kappa shape index (κ2) is 3.59. The Bertz CT molecular complexity index is 796. The summed E-state index contributed by atoms with van der Waals surface area (Å²) in [5.74, 6) is -1.05. The summed E-state index contributed by atoms with van der Waals surface area (Å²) in [5.41, 5.74) is 7.51. The molecule has 7 nitrogen and oxygen atoms in total. The predicted molar refractivity (Wildman–Crippen MR) is 62.9 cm³/mol. The van der Waals surface area contributed by atoms with Gasteiger partial charge in [0, 0.05) is 5.56 Å². The van der Waals surface area contributed by atoms with Crippen LogP contribution in [0.5, 0.6) is 0 Å². The summed E-state index contributed by atoms with van der Waals surface area (Å²) in [6, 6.07) is 5.15. The number of imidazole rings is 1. The van der Waals surface area contributed by atoms with Crippen molar-refractivity contribution in [2.24, 2.45) is 5.73 Å². The topological polar surface area (TPSA) is 118 Å². The Morgan fingerprint density at radius 3 is 2.89 bits per heavy atom. The van der Waals surface area contributed by atoms with E-state index in [1.54, 1.807) is 18.2 Å². The molecule has 0 aliphatic rings. The maximum absolute atomic E-state index is 11.0. The number of oxazole rings is 1. The smallest absolute Gasteiger partial charge is 0.408 e. The van der Waals surface area contributed by atoms with E-state index in [0.717, 1.165) is 5.56 Å². The molecule has 0 bridgehead atoms. The van der Waals surface area contributed by atoms with E-state index in [1.807, 2.05) is 0 Å². The molecule has 0 saturated carbocycles. The number of hydrogen-bond donors (Lipinski definition) is 3. The lowest BCUT2D eigenvalue weighted by atomic mass is 10.1. The van der Waals surface area contributed by atoms with Gasteiger partial charge in [0.25, 0.3) is 5.91 Å². The minimum absolute atomic E-state index is 0.0839. The van der Waals surface area contributed by atoms with E-state index in [0.29, 0.717) is 16.8 Å². The van der Waals surface area contributed by atoms with Crippen molar-refractivity contribution < 1.29 is 9.21 Å². The maximum atomic E-state index is 11.0. The average molecular weight is 244 g/mol. The van der Waals surface area contributed by atoms with Crippen molar-refractivity contribution in [3.05, 3.63) is 40.8 Å². The zero-order valence-corrected chi connectivity index (χ0v) is 9.06. The standard InChI is InChI=1S/C11H8N4O3/c12-9(16)10-13-4-7(14-10)5-1-2-6-8(3-5)18-11(17)15-6/h1-4H,(H2,12,16)(H,13,14)(H,15,17). The van der Waals surface area contributed by atoms with E-state index in [9.17, 15) is 9.59 Å². The summed E-state index contributed by atoms with van der Waals surface area (Å²) in [6.45, 7) is 0. The number of carbonyl (C=O) groups excluding carboxylic acids is 1. The minimum Gasteiger partial charge on any atom is -0.408 e. The molecule has 7 heteroatoms. The molecule has 1 amide bonds. The van der Waals surface area contributed by atoms with Crippen LogP contribution in [-0.4, -0.2) is 20.9 Å². The molecular weight excluding hydrogens is 236 g/mol. The Hall–Kier alpha value is -2.83. The van der Waals surface area contributed by atoms with Crippen LogP contribution in [0.4, 0.5) is 0 Å². The van der Waals surface area contributed by atoms with Gasteiger partial charge in [0.05, 0.1) is 17.4 Å². The molecule has 0 atom stereocenters. The number of H-pyrrole nitrogens is 2. The largest absolute Gasteiger partial charge is 0.417 e. The number of fused-ring (bicyclic) bond motifs is 1. The van der Waals surface area contributed by atoms with Crippen LogP contribution >= 0.6 is 0 Å². The van der Waals surface area contributed by atoms with Gasteiger partial charge >= 0.3 is 5.76 Å². The zero-order valence-electron chi connectivity index (χ0n) is 9.06. The number of nitrogens with zero attached hydrogens (tertiary/aromatic N) is 1. The van der Waals surface area contributed by atoms with Crippen LogP contribution in [-0.2, 0) is 0 Å². The van der Waals surface area contributed by atoms with Gasteiger partial charge in [-0.2, -0.15) is 0 Å². The minimum atomic E-state index is -0.629. The van der Waals surface area contributed by atoms with Gasteiger partial charge in [-0.3, -0.25) is 9.78 Å². The van der Waals surface area contributed by atoms with Crippen LogP contribution in [0.25, 0.3) is 22.4 Å². The number of hydrogen-bond acceptors (Lipinski definition) is 4. The molecule has 0 spiro atoms. The Morgan fingerprint density at radius 2 is 2.17 bits per heavy atom. The highest BCUT2D eigenvalue weighted by Gasteiger charge is 2.09. The molecule has 3 rings (SSSR count). The van der Waals surface area contributed by atoms with Gasteiger partial charge in [0.2, 0.25) is 0 Å². The number of primary amides is 1. The van der Waals surface area contributed by atoms with Crippen molar-refractivity contribution in [3.8, 4) is 11.3 Å². The molecule has 2 aromatic heterocycles. The van der Waals surface area contributed by atoms with Gasteiger partial charge in [0.1, 0.15) is 0 Å². The number of rotatable bonds is 2. The lowest BCUT2D eigenvalue weighted by molar-refractivity contribution is 0.0991. The summed E-state index contributed by atoms with van der Waals surface area (Å²) >= 11 is 0. The van der Waals surface area contributed by atoms with Gasteiger partial charge in [-0.15, -0.1) is 0 Å². The molecule has 0 aliphatic carbocycles. The molecule has 0 radical (unpaired) electrons. The molecular formula is C11H8N4O3. The molecule has 0 unspecified atom stereocenters. The normalized spacial score (nSPS) is 10.9. The highest BCUT2D eigenvalue weighted by atomic mass is 16.4. The van der Waals surface area contributed by atoms with E-state index in [1.165, 1.54) is 6.20 Å². The molecule has 18 heavy (non-hydrogen) atoms. The fraction of sp³-hybridized carbons (Fsp3) is 0. The van der Waals surface area contributed by atoms with Crippen LogP contribution in [0, 0.1) is 0 Å². The average Bonchev–Trinajstić information content (AvgIpc) is 2.91. The number of nitrogens with one attached hydrogen (secondary N) is 2. The monoisotopic (exact) mass is 244 g/mol. The zero-order chi connectivity index (χ0) is 12.7. The molecule has 3 aromatic rings. The van der Waals surface area contributed by atoms with E-state index >= 15 is 0 Å². The van der Waals surface area contributed by atoms with Crippen LogP contribution < -0.4 is 11.5 Å². The van der Waals surface area contributed by atoms with Crippen molar-refractivity contribution in [3.63, 3.8) is 0 Å². The Labute approximate surface area is 99.6 Å². The fourth-order valence-corrected chi connectivity index (χ4v) is 1.71. The highest BCUT2D eigenvalue weighted by molar-refractivity contribution is 5.90. The predicted octanol–water partition coefficient (Wildman–Crippen LogP) is 0.610. The van der Waals surface area contributed by atoms with Crippen LogP contribution in [0.15, 0.2) is 33.6 Å². The molecule has 0 aliphatic heterocycles. The third-order valence-electron chi connectivity index (χ3n) is 2.54. The Morgan fingerprint density at radius 1 is 1.33 bits per heavy atom. The first-order valence-electron chi connectivity index (χ1n) is 5.11. The summed E-state index contributed by atoms with van der Waals surface area (Å²) < 4.78 is 4.95. The third-order valence-corrected chi connectivity index (χ3v) is 2.54. The molecule has 0 saturated heterocycles. The molecule has 2 heterocycles. The quantitative estimate of drug-likeness (QED) is 0.612. The lowest BCUT2D eigenvalue weighted by Crippen LogP contribution is -2.12. The summed E-state index contributed by atoms with van der Waals surface area (Å²) in [5, 5.41) is 0. The highest BCUT2D eigenvalue weighted by Crippen LogP contribution is 2.21. The number of benzene rings is 1. The first-order valence-corrected chi connectivity index (χ1v) is 5.11. The summed E-state index contributed by atoms with van der Waals surface area (Å²) in [7, 11) is 0. The fourth-order valence-electron chi connectivity index (χ4n) is 1.71. The number of aromatic nitrogens is 3. The van der Waals surface area contributed by atoms with Crippen molar-refractivity contribution >= 4 is 17.0 Å². The number of aromatic amines is 2. The van der Waals surface area contributed by atoms with Crippen molar-refractivity contribution in [2.75, 3.05) is 0 Å². The van der Waals surface area contributed by atoms with Gasteiger partial charge < -0.3 is 15.1 Å². The van der Waals surface area contributed by atoms with Crippen molar-refractivity contribution in [2.45, 2.75) is 0 Å².